The van der Waals surface area contributed by atoms with Crippen molar-refractivity contribution in [3.05, 3.63) is 41.9 Å². The molecule has 0 saturated carbocycles. The Morgan fingerprint density at radius 2 is 1.83 bits per heavy atom. The molecule has 0 unspecified atom stereocenters. The van der Waals surface area contributed by atoms with Gasteiger partial charge in [-0.1, -0.05) is 13.0 Å². The molecule has 23 heavy (non-hydrogen) atoms. The summed E-state index contributed by atoms with van der Waals surface area (Å²) >= 11 is 0. The van der Waals surface area contributed by atoms with E-state index in [2.05, 4.69) is 56.3 Å². The van der Waals surface area contributed by atoms with Crippen LogP contribution in [0.4, 0.5) is 17.2 Å². The topological polar surface area (TPSA) is 44.3 Å². The minimum absolute atomic E-state index is 0.791. The molecule has 0 radical (unpaired) electrons. The zero-order valence-corrected chi connectivity index (χ0v) is 14.2. The minimum atomic E-state index is 0.791. The van der Waals surface area contributed by atoms with E-state index < -0.39 is 0 Å². The van der Waals surface area contributed by atoms with Crippen LogP contribution in [-0.4, -0.2) is 47.6 Å². The second kappa shape index (κ2) is 6.96. The number of hydrogen-bond donors (Lipinski definition) is 1. The van der Waals surface area contributed by atoms with Crippen molar-refractivity contribution in [2.75, 3.05) is 42.9 Å². The van der Waals surface area contributed by atoms with E-state index in [1.165, 1.54) is 5.69 Å². The van der Waals surface area contributed by atoms with E-state index in [0.717, 1.165) is 55.7 Å². The van der Waals surface area contributed by atoms with Gasteiger partial charge in [-0.25, -0.2) is 9.97 Å². The van der Waals surface area contributed by atoms with Crippen molar-refractivity contribution in [2.45, 2.75) is 20.8 Å². The number of nitrogens with zero attached hydrogens (tertiary/aromatic N) is 4. The summed E-state index contributed by atoms with van der Waals surface area (Å²) in [5.74, 6) is 1.64. The molecule has 1 fully saturated rings. The first kappa shape index (κ1) is 15.7. The van der Waals surface area contributed by atoms with Crippen molar-refractivity contribution in [1.29, 1.82) is 0 Å². The lowest BCUT2D eigenvalue weighted by molar-refractivity contribution is 0.271. The Hall–Kier alpha value is -2.14. The summed E-state index contributed by atoms with van der Waals surface area (Å²) in [6, 6.07) is 10.5. The summed E-state index contributed by atoms with van der Waals surface area (Å²) in [7, 11) is 0. The van der Waals surface area contributed by atoms with E-state index in [1.54, 1.807) is 0 Å². The van der Waals surface area contributed by atoms with Crippen molar-refractivity contribution < 1.29 is 0 Å². The molecule has 1 aromatic heterocycles. The maximum atomic E-state index is 4.45. The highest BCUT2D eigenvalue weighted by Gasteiger charge is 2.15. The number of aromatic nitrogens is 2. The molecule has 1 N–H and O–H groups in total. The highest BCUT2D eigenvalue weighted by atomic mass is 15.3. The lowest BCUT2D eigenvalue weighted by Crippen LogP contribution is -2.46. The first-order chi connectivity index (χ1) is 11.1. The normalized spacial score (nSPS) is 15.7. The number of rotatable bonds is 4. The van der Waals surface area contributed by atoms with Gasteiger partial charge >= 0.3 is 0 Å². The van der Waals surface area contributed by atoms with E-state index in [0.29, 0.717) is 0 Å². The number of likely N-dealkylation sites (N-methyl/N-ethyl adjacent to an activating group) is 1. The van der Waals surface area contributed by atoms with Gasteiger partial charge in [0.15, 0.2) is 0 Å². The van der Waals surface area contributed by atoms with Crippen LogP contribution in [0.15, 0.2) is 30.3 Å². The van der Waals surface area contributed by atoms with Crippen LogP contribution in [0.25, 0.3) is 0 Å². The molecule has 3 rings (SSSR count). The Morgan fingerprint density at radius 1 is 1.04 bits per heavy atom. The molecular formula is C18H25N5. The molecule has 0 bridgehead atoms. The number of aryl methyl sites for hydroxylation is 2. The molecule has 0 atom stereocenters. The highest BCUT2D eigenvalue weighted by Crippen LogP contribution is 2.23. The number of benzene rings is 1. The average molecular weight is 311 g/mol. The molecule has 1 aliphatic rings. The predicted molar refractivity (Wildman–Crippen MR) is 95.6 cm³/mol. The molecule has 122 valence electrons. The molecule has 1 saturated heterocycles. The Kier molecular flexibility index (Phi) is 4.76. The molecule has 2 heterocycles. The van der Waals surface area contributed by atoms with Crippen molar-refractivity contribution in [3.63, 3.8) is 0 Å². The van der Waals surface area contributed by atoms with Gasteiger partial charge in [0.1, 0.15) is 11.6 Å². The van der Waals surface area contributed by atoms with Gasteiger partial charge in [0.2, 0.25) is 0 Å². The lowest BCUT2D eigenvalue weighted by atomic mass is 10.2. The van der Waals surface area contributed by atoms with E-state index in [9.17, 15) is 0 Å². The van der Waals surface area contributed by atoms with Gasteiger partial charge in [-0.05, 0) is 38.6 Å². The number of nitrogens with one attached hydrogen (secondary N) is 1. The molecule has 1 aliphatic heterocycles. The molecule has 0 spiro atoms. The molecule has 0 aliphatic carbocycles. The minimum Gasteiger partial charge on any atom is -0.369 e. The van der Waals surface area contributed by atoms with Crippen LogP contribution >= 0.6 is 0 Å². The van der Waals surface area contributed by atoms with Gasteiger partial charge < -0.3 is 15.1 Å². The summed E-state index contributed by atoms with van der Waals surface area (Å²) in [6.07, 6.45) is 0. The fraction of sp³-hybridized carbons (Fsp3) is 0.444. The molecule has 2 aromatic rings. The van der Waals surface area contributed by atoms with Crippen molar-refractivity contribution >= 4 is 17.2 Å². The van der Waals surface area contributed by atoms with Gasteiger partial charge in [0.05, 0.1) is 0 Å². The Bertz CT molecular complexity index is 642. The maximum absolute atomic E-state index is 4.45. The predicted octanol–water partition coefficient (Wildman–Crippen LogP) is 2.98. The lowest BCUT2D eigenvalue weighted by Gasteiger charge is -2.35. The van der Waals surface area contributed by atoms with Crippen LogP contribution in [0.5, 0.6) is 0 Å². The number of anilines is 3. The van der Waals surface area contributed by atoms with E-state index in [4.69, 9.17) is 0 Å². The van der Waals surface area contributed by atoms with Crippen molar-refractivity contribution in [1.82, 2.24) is 14.9 Å². The van der Waals surface area contributed by atoms with Gasteiger partial charge in [-0.15, -0.1) is 0 Å². The van der Waals surface area contributed by atoms with Crippen LogP contribution in [0.1, 0.15) is 18.4 Å². The van der Waals surface area contributed by atoms with Crippen LogP contribution in [-0.2, 0) is 0 Å². The molecule has 5 nitrogen and oxygen atoms in total. The zero-order valence-electron chi connectivity index (χ0n) is 14.2. The third-order valence-electron chi connectivity index (χ3n) is 4.27. The molecule has 1 aromatic carbocycles. The number of piperazine rings is 1. The first-order valence-electron chi connectivity index (χ1n) is 8.30. The van der Waals surface area contributed by atoms with Crippen molar-refractivity contribution in [2.24, 2.45) is 0 Å². The Morgan fingerprint density at radius 3 is 2.52 bits per heavy atom. The molecule has 0 amide bonds. The standard InChI is InChI=1S/C18H25N5/c1-4-22-8-10-23(11-9-22)17-7-5-6-16(13-17)21-18-12-14(2)19-15(3)20-18/h5-7,12-13H,4,8-11H2,1-3H3,(H,19,20,21). The van der Waals surface area contributed by atoms with Crippen LogP contribution in [0.2, 0.25) is 0 Å². The van der Waals surface area contributed by atoms with E-state index >= 15 is 0 Å². The second-order valence-corrected chi connectivity index (χ2v) is 6.04. The molecule has 5 heteroatoms. The monoisotopic (exact) mass is 311 g/mol. The van der Waals surface area contributed by atoms with Gasteiger partial charge in [-0.2, -0.15) is 0 Å². The summed E-state index contributed by atoms with van der Waals surface area (Å²) in [4.78, 5) is 13.7. The van der Waals surface area contributed by atoms with Crippen LogP contribution in [0, 0.1) is 13.8 Å². The third kappa shape index (κ3) is 3.99. The van der Waals surface area contributed by atoms with Crippen molar-refractivity contribution in [3.8, 4) is 0 Å². The second-order valence-electron chi connectivity index (χ2n) is 6.04. The Balaban J connectivity index is 1.72. The summed E-state index contributed by atoms with van der Waals surface area (Å²) < 4.78 is 0. The fourth-order valence-electron chi connectivity index (χ4n) is 3.03. The maximum Gasteiger partial charge on any atom is 0.134 e. The summed E-state index contributed by atoms with van der Waals surface area (Å²) in [6.45, 7) is 11.7. The van der Waals surface area contributed by atoms with Gasteiger partial charge in [-0.3, -0.25) is 0 Å². The SMILES string of the molecule is CCN1CCN(c2cccc(Nc3cc(C)nc(C)n3)c2)CC1. The Labute approximate surface area is 138 Å². The largest absolute Gasteiger partial charge is 0.369 e. The average Bonchev–Trinajstić information content (AvgIpc) is 2.54. The summed E-state index contributed by atoms with van der Waals surface area (Å²) in [5, 5.41) is 3.40. The zero-order chi connectivity index (χ0) is 16.2. The van der Waals surface area contributed by atoms with Crippen LogP contribution in [0.3, 0.4) is 0 Å². The fourth-order valence-corrected chi connectivity index (χ4v) is 3.03. The molecular weight excluding hydrogens is 286 g/mol. The van der Waals surface area contributed by atoms with Gasteiger partial charge in [0, 0.05) is 49.3 Å². The first-order valence-corrected chi connectivity index (χ1v) is 8.30. The van der Waals surface area contributed by atoms with Gasteiger partial charge in [0.25, 0.3) is 0 Å². The van der Waals surface area contributed by atoms with E-state index in [1.807, 2.05) is 19.9 Å². The summed E-state index contributed by atoms with van der Waals surface area (Å²) in [5.41, 5.74) is 3.32. The highest BCUT2D eigenvalue weighted by molar-refractivity contribution is 5.63. The smallest absolute Gasteiger partial charge is 0.134 e. The quantitative estimate of drug-likeness (QED) is 0.940. The van der Waals surface area contributed by atoms with Crippen LogP contribution < -0.4 is 10.2 Å². The number of hydrogen-bond acceptors (Lipinski definition) is 5. The van der Waals surface area contributed by atoms with E-state index in [-0.39, 0.29) is 0 Å². The third-order valence-corrected chi connectivity index (χ3v) is 4.27.